The summed E-state index contributed by atoms with van der Waals surface area (Å²) in [5, 5.41) is 4.14. The Morgan fingerprint density at radius 1 is 1.10 bits per heavy atom. The molecule has 0 unspecified atom stereocenters. The van der Waals surface area contributed by atoms with Gasteiger partial charge >= 0.3 is 5.69 Å². The minimum absolute atomic E-state index is 0.0210. The fourth-order valence-corrected chi connectivity index (χ4v) is 2.95. The van der Waals surface area contributed by atoms with Gasteiger partial charge in [0, 0.05) is 25.7 Å². The fraction of sp³-hybridized carbons (Fsp3) is 0.526. The largest absolute Gasteiger partial charge is 0.383 e. The summed E-state index contributed by atoms with van der Waals surface area (Å²) in [6.07, 6.45) is 3.15. The maximum atomic E-state index is 13.1. The highest BCUT2D eigenvalue weighted by atomic mass is 16.2. The lowest BCUT2D eigenvalue weighted by Crippen LogP contribution is -2.42. The van der Waals surface area contributed by atoms with Gasteiger partial charge in [0.05, 0.1) is 0 Å². The third-order valence-corrected chi connectivity index (χ3v) is 4.59. The first-order valence-corrected chi connectivity index (χ1v) is 9.88. The highest BCUT2D eigenvalue weighted by Crippen LogP contribution is 2.18. The Morgan fingerprint density at radius 2 is 1.76 bits per heavy atom. The second-order valence-corrected chi connectivity index (χ2v) is 6.68. The van der Waals surface area contributed by atoms with E-state index in [2.05, 4.69) is 10.1 Å². The molecule has 0 saturated carbocycles. The second kappa shape index (κ2) is 9.85. The van der Waals surface area contributed by atoms with Crippen molar-refractivity contribution in [3.05, 3.63) is 49.0 Å². The summed E-state index contributed by atoms with van der Waals surface area (Å²) < 4.78 is 2.49. The zero-order valence-electron chi connectivity index (χ0n) is 17.1. The number of unbranched alkanes of at least 4 members (excludes halogenated alkanes) is 2. The highest BCUT2D eigenvalue weighted by Gasteiger charge is 2.25. The van der Waals surface area contributed by atoms with Gasteiger partial charge in [0.1, 0.15) is 11.5 Å². The second-order valence-electron chi connectivity index (χ2n) is 6.68. The number of hydrogen-bond donors (Lipinski definition) is 2. The molecule has 0 fully saturated rings. The van der Waals surface area contributed by atoms with Crippen molar-refractivity contribution in [2.45, 2.75) is 59.5 Å². The number of carbonyl (C=O) groups is 1. The van der Waals surface area contributed by atoms with Gasteiger partial charge in [-0.1, -0.05) is 26.7 Å². The van der Waals surface area contributed by atoms with Crippen LogP contribution >= 0.6 is 0 Å². The van der Waals surface area contributed by atoms with Crippen LogP contribution in [0.25, 0.3) is 0 Å². The normalized spacial score (nSPS) is 10.9. The molecule has 158 valence electrons. The van der Waals surface area contributed by atoms with E-state index < -0.39 is 17.2 Å². The number of nitrogen functional groups attached to an aromatic ring is 1. The van der Waals surface area contributed by atoms with Gasteiger partial charge in [-0.05, 0) is 25.8 Å². The molecule has 3 N–H and O–H groups in total. The minimum atomic E-state index is -0.741. The predicted molar refractivity (Wildman–Crippen MR) is 111 cm³/mol. The SMILES string of the molecule is CCCCn1nc(C(=O)N(CC)c2c(N)n(CCCC)c(=O)[nH]c2=O)ccc1=O. The molecule has 1 amide bonds. The smallest absolute Gasteiger partial charge is 0.330 e. The number of carbonyl (C=O) groups excluding carboxylic acids is 1. The zero-order valence-corrected chi connectivity index (χ0v) is 17.1. The number of aromatic amines is 1. The zero-order chi connectivity index (χ0) is 21.6. The molecule has 0 aliphatic rings. The van der Waals surface area contributed by atoms with E-state index in [-0.39, 0.29) is 29.3 Å². The Balaban J connectivity index is 2.51. The maximum Gasteiger partial charge on any atom is 0.330 e. The Hall–Kier alpha value is -3.17. The van der Waals surface area contributed by atoms with Gasteiger partial charge < -0.3 is 5.73 Å². The number of nitrogens with zero attached hydrogens (tertiary/aromatic N) is 4. The van der Waals surface area contributed by atoms with E-state index in [1.165, 1.54) is 26.3 Å². The van der Waals surface area contributed by atoms with Gasteiger partial charge in [-0.3, -0.25) is 28.8 Å². The lowest BCUT2D eigenvalue weighted by Gasteiger charge is -2.23. The fourth-order valence-electron chi connectivity index (χ4n) is 2.95. The number of anilines is 2. The summed E-state index contributed by atoms with van der Waals surface area (Å²) in [5.74, 6) is -0.641. The van der Waals surface area contributed by atoms with Crippen molar-refractivity contribution >= 4 is 17.4 Å². The Labute approximate surface area is 168 Å². The van der Waals surface area contributed by atoms with E-state index in [4.69, 9.17) is 5.73 Å². The number of nitrogens with two attached hydrogens (primary N) is 1. The first-order chi connectivity index (χ1) is 13.8. The van der Waals surface area contributed by atoms with Crippen molar-refractivity contribution in [1.82, 2.24) is 19.3 Å². The molecule has 0 aliphatic heterocycles. The van der Waals surface area contributed by atoms with Crippen LogP contribution in [-0.2, 0) is 13.1 Å². The highest BCUT2D eigenvalue weighted by molar-refractivity contribution is 6.05. The third kappa shape index (κ3) is 4.82. The van der Waals surface area contributed by atoms with Crippen molar-refractivity contribution in [2.24, 2.45) is 0 Å². The molecule has 0 bridgehead atoms. The van der Waals surface area contributed by atoms with E-state index in [1.807, 2.05) is 13.8 Å². The molecule has 0 atom stereocenters. The predicted octanol–water partition coefficient (Wildman–Crippen LogP) is 0.942. The molecule has 2 rings (SSSR count). The molecule has 10 heteroatoms. The average molecular weight is 404 g/mol. The molecule has 0 spiro atoms. The number of hydrogen-bond acceptors (Lipinski definition) is 6. The lowest BCUT2D eigenvalue weighted by atomic mass is 10.2. The Morgan fingerprint density at radius 3 is 2.38 bits per heavy atom. The molecule has 0 radical (unpaired) electrons. The van der Waals surface area contributed by atoms with Crippen molar-refractivity contribution in [2.75, 3.05) is 17.2 Å². The average Bonchev–Trinajstić information content (AvgIpc) is 2.69. The molecule has 0 aromatic carbocycles. The van der Waals surface area contributed by atoms with E-state index in [9.17, 15) is 19.2 Å². The quantitative estimate of drug-likeness (QED) is 0.638. The molecular weight excluding hydrogens is 376 g/mol. The molecule has 0 aliphatic carbocycles. The first-order valence-electron chi connectivity index (χ1n) is 9.88. The molecule has 10 nitrogen and oxygen atoms in total. The molecule has 29 heavy (non-hydrogen) atoms. The third-order valence-electron chi connectivity index (χ3n) is 4.59. The monoisotopic (exact) mass is 404 g/mol. The van der Waals surface area contributed by atoms with Crippen molar-refractivity contribution in [1.29, 1.82) is 0 Å². The number of aryl methyl sites for hydroxylation is 1. The van der Waals surface area contributed by atoms with Crippen LogP contribution in [0.5, 0.6) is 0 Å². The van der Waals surface area contributed by atoms with E-state index in [0.29, 0.717) is 19.5 Å². The maximum absolute atomic E-state index is 13.1. The summed E-state index contributed by atoms with van der Waals surface area (Å²) >= 11 is 0. The molecule has 0 saturated heterocycles. The molecule has 2 heterocycles. The number of aromatic nitrogens is 4. The number of rotatable bonds is 9. The van der Waals surface area contributed by atoms with Gasteiger partial charge in [0.2, 0.25) is 0 Å². The van der Waals surface area contributed by atoms with Crippen molar-refractivity contribution < 1.29 is 4.79 Å². The van der Waals surface area contributed by atoms with Crippen LogP contribution in [0, 0.1) is 0 Å². The standard InChI is InChI=1S/C19H28N6O4/c1-4-7-11-24-16(20)15(17(27)21-19(24)29)23(6-3)18(28)13-9-10-14(26)25(22-13)12-8-5-2/h9-10H,4-8,11-12,20H2,1-3H3,(H,21,27,29). The van der Waals surface area contributed by atoms with Gasteiger partial charge in [0.25, 0.3) is 17.0 Å². The van der Waals surface area contributed by atoms with Crippen molar-refractivity contribution in [3.8, 4) is 0 Å². The van der Waals surface area contributed by atoms with Crippen LogP contribution in [0.2, 0.25) is 0 Å². The summed E-state index contributed by atoms with van der Waals surface area (Å²) in [6, 6.07) is 2.60. The van der Waals surface area contributed by atoms with Crippen LogP contribution < -0.4 is 27.4 Å². The topological polar surface area (TPSA) is 136 Å². The molecule has 2 aromatic rings. The van der Waals surface area contributed by atoms with Crippen LogP contribution in [0.3, 0.4) is 0 Å². The van der Waals surface area contributed by atoms with Gasteiger partial charge in [-0.2, -0.15) is 5.10 Å². The van der Waals surface area contributed by atoms with Gasteiger partial charge in [-0.15, -0.1) is 0 Å². The van der Waals surface area contributed by atoms with E-state index >= 15 is 0 Å². The van der Waals surface area contributed by atoms with Crippen molar-refractivity contribution in [3.63, 3.8) is 0 Å². The first kappa shape index (κ1) is 22.1. The van der Waals surface area contributed by atoms with Crippen LogP contribution in [0.1, 0.15) is 56.9 Å². The van der Waals surface area contributed by atoms with Crippen LogP contribution in [0.4, 0.5) is 11.5 Å². The summed E-state index contributed by atoms with van der Waals surface area (Å²) in [6.45, 7) is 6.50. The molecular formula is C19H28N6O4. The summed E-state index contributed by atoms with van der Waals surface area (Å²) in [5.41, 5.74) is 4.38. The van der Waals surface area contributed by atoms with Crippen LogP contribution in [-0.4, -0.2) is 31.8 Å². The van der Waals surface area contributed by atoms with Crippen LogP contribution in [0.15, 0.2) is 26.5 Å². The number of H-pyrrole nitrogens is 1. The lowest BCUT2D eigenvalue weighted by molar-refractivity contribution is 0.0980. The summed E-state index contributed by atoms with van der Waals surface area (Å²) in [7, 11) is 0. The Bertz CT molecular complexity index is 1040. The molecule has 2 aromatic heterocycles. The summed E-state index contributed by atoms with van der Waals surface area (Å²) in [4.78, 5) is 53.0. The number of amides is 1. The van der Waals surface area contributed by atoms with Gasteiger partial charge in [-0.25, -0.2) is 9.48 Å². The minimum Gasteiger partial charge on any atom is -0.383 e. The number of nitrogens with one attached hydrogen (secondary N) is 1. The van der Waals surface area contributed by atoms with E-state index in [1.54, 1.807) is 6.92 Å². The van der Waals surface area contributed by atoms with Gasteiger partial charge in [0.15, 0.2) is 5.69 Å². The Kier molecular flexibility index (Phi) is 7.52. The van der Waals surface area contributed by atoms with E-state index in [0.717, 1.165) is 19.3 Å².